The standard InChI is InChI=1S/C25H31F3N4O5/c1-16-3-4-19(29-24(34)32-6-5-20(14-32)37-25(26,27)28)13-21(16)18-11-22(31-7-9-35-10-8-31)30-23(12-18)36-15-17(2)33/h3-4,11-13,17,20,33H,5-10,14-15H2,1-2H3,(H,29,34)/t17-,20-/m0/s1. The first-order valence-electron chi connectivity index (χ1n) is 12.1. The zero-order valence-corrected chi connectivity index (χ0v) is 20.8. The minimum absolute atomic E-state index is 0.0863. The Morgan fingerprint density at radius 1 is 1.24 bits per heavy atom. The van der Waals surface area contributed by atoms with Gasteiger partial charge in [-0.3, -0.25) is 4.74 Å². The molecule has 37 heavy (non-hydrogen) atoms. The molecule has 0 unspecified atom stereocenters. The lowest BCUT2D eigenvalue weighted by Gasteiger charge is -2.28. The Balaban J connectivity index is 1.54. The van der Waals surface area contributed by atoms with Crippen LogP contribution in [0.15, 0.2) is 30.3 Å². The number of aromatic nitrogens is 1. The first-order chi connectivity index (χ1) is 17.6. The number of halogens is 3. The molecule has 1 aromatic carbocycles. The minimum Gasteiger partial charge on any atom is -0.475 e. The number of aryl methyl sites for hydroxylation is 1. The number of carbonyl (C=O) groups excluding carboxylic acids is 1. The average Bonchev–Trinajstić information content (AvgIpc) is 3.31. The van der Waals surface area contributed by atoms with Gasteiger partial charge in [-0.15, -0.1) is 13.2 Å². The quantitative estimate of drug-likeness (QED) is 0.569. The molecule has 2 saturated heterocycles. The van der Waals surface area contributed by atoms with Crippen molar-refractivity contribution in [1.29, 1.82) is 0 Å². The van der Waals surface area contributed by atoms with Crippen molar-refractivity contribution in [3.63, 3.8) is 0 Å². The highest BCUT2D eigenvalue weighted by molar-refractivity contribution is 5.90. The summed E-state index contributed by atoms with van der Waals surface area (Å²) >= 11 is 0. The summed E-state index contributed by atoms with van der Waals surface area (Å²) in [5.41, 5.74) is 3.09. The Morgan fingerprint density at radius 2 is 2.00 bits per heavy atom. The van der Waals surface area contributed by atoms with Gasteiger partial charge in [-0.1, -0.05) is 6.07 Å². The lowest BCUT2D eigenvalue weighted by molar-refractivity contribution is -0.340. The molecule has 3 heterocycles. The van der Waals surface area contributed by atoms with Crippen LogP contribution in [0.25, 0.3) is 11.1 Å². The van der Waals surface area contributed by atoms with Crippen molar-refractivity contribution in [3.05, 3.63) is 35.9 Å². The summed E-state index contributed by atoms with van der Waals surface area (Å²) in [5, 5.41) is 12.4. The molecule has 0 bridgehead atoms. The number of aliphatic hydroxyl groups excluding tert-OH is 1. The zero-order valence-electron chi connectivity index (χ0n) is 20.8. The number of amides is 2. The number of anilines is 2. The van der Waals surface area contributed by atoms with Gasteiger partial charge in [0.05, 0.1) is 25.4 Å². The van der Waals surface area contributed by atoms with Crippen LogP contribution in [-0.2, 0) is 9.47 Å². The van der Waals surface area contributed by atoms with Crippen LogP contribution in [0.1, 0.15) is 18.9 Å². The van der Waals surface area contributed by atoms with E-state index in [9.17, 15) is 23.1 Å². The number of morpholine rings is 1. The van der Waals surface area contributed by atoms with Gasteiger partial charge < -0.3 is 29.7 Å². The molecule has 0 radical (unpaired) electrons. The lowest BCUT2D eigenvalue weighted by atomic mass is 10.0. The van der Waals surface area contributed by atoms with E-state index in [4.69, 9.17) is 9.47 Å². The van der Waals surface area contributed by atoms with Crippen LogP contribution < -0.4 is 15.0 Å². The Kier molecular flexibility index (Phi) is 8.40. The SMILES string of the molecule is Cc1ccc(NC(=O)N2CC[C@H](OC(F)(F)F)C2)cc1-c1cc(OC[C@H](C)O)nc(N2CCOCC2)c1. The number of aliphatic hydroxyl groups is 1. The molecule has 0 spiro atoms. The third kappa shape index (κ3) is 7.46. The number of rotatable bonds is 7. The van der Waals surface area contributed by atoms with E-state index in [0.29, 0.717) is 43.7 Å². The molecule has 2 N–H and O–H groups in total. The highest BCUT2D eigenvalue weighted by atomic mass is 19.4. The van der Waals surface area contributed by atoms with Crippen molar-refractivity contribution in [1.82, 2.24) is 9.88 Å². The second kappa shape index (κ2) is 11.5. The Bertz CT molecular complexity index is 1090. The second-order valence-electron chi connectivity index (χ2n) is 9.19. The Morgan fingerprint density at radius 3 is 2.70 bits per heavy atom. The maximum absolute atomic E-state index is 12.7. The van der Waals surface area contributed by atoms with Gasteiger partial charge in [-0.05, 0) is 55.2 Å². The van der Waals surface area contributed by atoms with E-state index in [1.807, 2.05) is 25.1 Å². The number of likely N-dealkylation sites (tertiary alicyclic amines) is 1. The van der Waals surface area contributed by atoms with Crippen molar-refractivity contribution in [2.75, 3.05) is 56.2 Å². The fourth-order valence-electron chi connectivity index (χ4n) is 4.29. The molecule has 2 fully saturated rings. The van der Waals surface area contributed by atoms with Gasteiger partial charge in [0.1, 0.15) is 12.4 Å². The summed E-state index contributed by atoms with van der Waals surface area (Å²) in [4.78, 5) is 20.7. The number of nitrogens with one attached hydrogen (secondary N) is 1. The van der Waals surface area contributed by atoms with Crippen molar-refractivity contribution in [3.8, 4) is 17.0 Å². The molecule has 2 aromatic rings. The van der Waals surface area contributed by atoms with E-state index in [1.54, 1.807) is 19.1 Å². The molecule has 2 amide bonds. The number of ether oxygens (including phenoxy) is 3. The molecule has 2 aliphatic heterocycles. The summed E-state index contributed by atoms with van der Waals surface area (Å²) < 4.78 is 52.8. The number of hydrogen-bond acceptors (Lipinski definition) is 7. The van der Waals surface area contributed by atoms with Gasteiger partial charge in [0.25, 0.3) is 0 Å². The van der Waals surface area contributed by atoms with Crippen LogP contribution in [0.5, 0.6) is 5.88 Å². The third-order valence-electron chi connectivity index (χ3n) is 6.13. The van der Waals surface area contributed by atoms with Crippen molar-refractivity contribution >= 4 is 17.5 Å². The molecule has 4 rings (SSSR count). The number of nitrogens with zero attached hydrogens (tertiary/aromatic N) is 3. The number of alkyl halides is 3. The summed E-state index contributed by atoms with van der Waals surface area (Å²) in [6.45, 7) is 6.20. The maximum atomic E-state index is 12.7. The molecule has 2 aliphatic rings. The number of pyridine rings is 1. The third-order valence-corrected chi connectivity index (χ3v) is 6.13. The molecule has 12 heteroatoms. The molecule has 1 aromatic heterocycles. The predicted molar refractivity (Wildman–Crippen MR) is 131 cm³/mol. The number of benzene rings is 1. The number of carbonyl (C=O) groups is 1. The average molecular weight is 525 g/mol. The van der Waals surface area contributed by atoms with Gasteiger partial charge >= 0.3 is 12.4 Å². The first-order valence-corrected chi connectivity index (χ1v) is 12.1. The Labute approximate surface area is 213 Å². The summed E-state index contributed by atoms with van der Waals surface area (Å²) in [5.74, 6) is 1.07. The number of hydrogen-bond donors (Lipinski definition) is 2. The van der Waals surface area contributed by atoms with Gasteiger partial charge in [-0.25, -0.2) is 4.79 Å². The lowest BCUT2D eigenvalue weighted by Crippen LogP contribution is -2.36. The van der Waals surface area contributed by atoms with Crippen LogP contribution >= 0.6 is 0 Å². The molecule has 0 saturated carbocycles. The summed E-state index contributed by atoms with van der Waals surface area (Å²) in [6.07, 6.45) is -6.35. The Hall–Kier alpha value is -3.09. The molecule has 0 aliphatic carbocycles. The zero-order chi connectivity index (χ0) is 26.6. The fraction of sp³-hybridized carbons (Fsp3) is 0.520. The van der Waals surface area contributed by atoms with Gasteiger partial charge in [-0.2, -0.15) is 4.98 Å². The minimum atomic E-state index is -4.73. The molecular formula is C25H31F3N4O5. The van der Waals surface area contributed by atoms with Crippen LogP contribution in [0.2, 0.25) is 0 Å². The highest BCUT2D eigenvalue weighted by Crippen LogP contribution is 2.32. The van der Waals surface area contributed by atoms with Crippen molar-refractivity contribution in [2.45, 2.75) is 38.8 Å². The normalized spacial score (nSPS) is 19.1. The number of urea groups is 1. The van der Waals surface area contributed by atoms with Crippen LogP contribution in [-0.4, -0.2) is 85.6 Å². The fourth-order valence-corrected chi connectivity index (χ4v) is 4.29. The monoisotopic (exact) mass is 524 g/mol. The van der Waals surface area contributed by atoms with Gasteiger partial charge in [0, 0.05) is 37.9 Å². The first kappa shape index (κ1) is 27.0. The summed E-state index contributed by atoms with van der Waals surface area (Å²) in [7, 11) is 0. The van der Waals surface area contributed by atoms with E-state index < -0.39 is 24.6 Å². The van der Waals surface area contributed by atoms with Crippen molar-refractivity contribution < 1.29 is 37.3 Å². The van der Waals surface area contributed by atoms with E-state index in [1.165, 1.54) is 4.90 Å². The maximum Gasteiger partial charge on any atom is 0.522 e. The highest BCUT2D eigenvalue weighted by Gasteiger charge is 2.37. The second-order valence-corrected chi connectivity index (χ2v) is 9.19. The van der Waals surface area contributed by atoms with E-state index in [2.05, 4.69) is 19.9 Å². The summed E-state index contributed by atoms with van der Waals surface area (Å²) in [6, 6.07) is 8.63. The molecule has 9 nitrogen and oxygen atoms in total. The van der Waals surface area contributed by atoms with Crippen molar-refractivity contribution in [2.24, 2.45) is 0 Å². The largest absolute Gasteiger partial charge is 0.522 e. The predicted octanol–water partition coefficient (Wildman–Crippen LogP) is 3.80. The van der Waals surface area contributed by atoms with E-state index in [-0.39, 0.29) is 26.1 Å². The smallest absolute Gasteiger partial charge is 0.475 e. The molecule has 202 valence electrons. The molecular weight excluding hydrogens is 493 g/mol. The van der Waals surface area contributed by atoms with Crippen LogP contribution in [0.4, 0.5) is 29.5 Å². The van der Waals surface area contributed by atoms with Gasteiger partial charge in [0.15, 0.2) is 0 Å². The van der Waals surface area contributed by atoms with E-state index in [0.717, 1.165) is 16.7 Å². The van der Waals surface area contributed by atoms with E-state index >= 15 is 0 Å². The van der Waals surface area contributed by atoms with Crippen LogP contribution in [0.3, 0.4) is 0 Å². The van der Waals surface area contributed by atoms with Gasteiger partial charge in [0.2, 0.25) is 5.88 Å². The molecule has 2 atom stereocenters. The topological polar surface area (TPSA) is 96.4 Å². The van der Waals surface area contributed by atoms with Crippen LogP contribution in [0, 0.1) is 6.92 Å².